The molecule has 0 radical (unpaired) electrons. The van der Waals surface area contributed by atoms with Crippen LogP contribution >= 0.6 is 15.9 Å². The van der Waals surface area contributed by atoms with Crippen molar-refractivity contribution in [1.29, 1.82) is 0 Å². The predicted octanol–water partition coefficient (Wildman–Crippen LogP) is 6.05. The van der Waals surface area contributed by atoms with Crippen molar-refractivity contribution in [2.75, 3.05) is 20.1 Å². The number of halogens is 1. The molecule has 1 heterocycles. The Bertz CT molecular complexity index is 663. The molecule has 2 aliphatic rings. The number of hydrogen-bond donors (Lipinski definition) is 0. The lowest BCUT2D eigenvalue weighted by atomic mass is 9.86. The Morgan fingerprint density at radius 3 is 2.34 bits per heavy atom. The van der Waals surface area contributed by atoms with Gasteiger partial charge >= 0.3 is 6.09 Å². The number of ether oxygens (including phenoxy) is 1. The molecule has 0 bridgehead atoms. The van der Waals surface area contributed by atoms with Gasteiger partial charge in [0.15, 0.2) is 0 Å². The fourth-order valence-corrected chi connectivity index (χ4v) is 4.54. The zero-order valence-corrected chi connectivity index (χ0v) is 20.7. The molecule has 3 rings (SSSR count). The molecule has 1 saturated heterocycles. The third-order valence-electron chi connectivity index (χ3n) is 5.64. The Kier molecular flexibility index (Phi) is 9.02. The van der Waals surface area contributed by atoms with Crippen LogP contribution in [0.4, 0.5) is 4.79 Å². The van der Waals surface area contributed by atoms with Crippen LogP contribution in [0, 0.1) is 0 Å². The molecular weight excluding hydrogens is 428 g/mol. The normalized spacial score (nSPS) is 20.0. The van der Waals surface area contributed by atoms with Gasteiger partial charge in [0.1, 0.15) is 5.60 Å². The summed E-state index contributed by atoms with van der Waals surface area (Å²) < 4.78 is 6.68. The number of carbonyl (C=O) groups is 1. The van der Waals surface area contributed by atoms with Gasteiger partial charge < -0.3 is 9.64 Å². The summed E-state index contributed by atoms with van der Waals surface area (Å²) in [5.74, 6) is 0. The summed E-state index contributed by atoms with van der Waals surface area (Å²) in [6, 6.07) is 7.83. The van der Waals surface area contributed by atoms with Crippen molar-refractivity contribution < 1.29 is 9.53 Å². The minimum absolute atomic E-state index is 0.171. The predicted molar refractivity (Wildman–Crippen MR) is 125 cm³/mol. The van der Waals surface area contributed by atoms with Crippen molar-refractivity contribution >= 4 is 22.0 Å². The monoisotopic (exact) mass is 466 g/mol. The number of nitrogens with zero attached hydrogens (tertiary/aromatic N) is 2. The maximum absolute atomic E-state index is 12.2. The van der Waals surface area contributed by atoms with Crippen LogP contribution < -0.4 is 0 Å². The zero-order valence-electron chi connectivity index (χ0n) is 19.1. The average molecular weight is 467 g/mol. The Labute approximate surface area is 186 Å². The summed E-state index contributed by atoms with van der Waals surface area (Å²) in [5.41, 5.74) is 2.56. The smallest absolute Gasteiger partial charge is 0.410 e. The molecule has 5 heteroatoms. The number of aryl methyl sites for hydroxylation is 1. The molecule has 1 fully saturated rings. The second kappa shape index (κ2) is 10.8. The molecule has 0 N–H and O–H groups in total. The molecule has 1 atom stereocenters. The third-order valence-corrected chi connectivity index (χ3v) is 6.13. The molecule has 1 aromatic rings. The van der Waals surface area contributed by atoms with E-state index >= 15 is 0 Å². The van der Waals surface area contributed by atoms with Crippen molar-refractivity contribution in [1.82, 2.24) is 9.80 Å². The van der Waals surface area contributed by atoms with E-state index in [1.807, 2.05) is 25.7 Å². The van der Waals surface area contributed by atoms with Gasteiger partial charge in [-0.15, -0.1) is 0 Å². The van der Waals surface area contributed by atoms with Crippen LogP contribution in [0.1, 0.15) is 71.4 Å². The quantitative estimate of drug-likeness (QED) is 0.531. The number of likely N-dealkylation sites (tertiary alicyclic amines) is 1. The first-order valence-electron chi connectivity index (χ1n) is 11.1. The van der Waals surface area contributed by atoms with E-state index in [4.69, 9.17) is 4.74 Å². The van der Waals surface area contributed by atoms with E-state index in [1.54, 1.807) is 0 Å². The molecule has 1 aromatic carbocycles. The minimum Gasteiger partial charge on any atom is -0.444 e. The molecule has 0 saturated carbocycles. The summed E-state index contributed by atoms with van der Waals surface area (Å²) in [6.45, 7) is 11.6. The average Bonchev–Trinajstić information content (AvgIpc) is 2.66. The van der Waals surface area contributed by atoms with Crippen LogP contribution in [0.15, 0.2) is 22.7 Å². The number of fused-ring (bicyclic) bond motifs is 1. The maximum Gasteiger partial charge on any atom is 0.410 e. The fourth-order valence-electron chi connectivity index (χ4n) is 4.13. The maximum atomic E-state index is 12.2. The molecule has 29 heavy (non-hydrogen) atoms. The van der Waals surface area contributed by atoms with E-state index < -0.39 is 5.60 Å². The summed E-state index contributed by atoms with van der Waals surface area (Å²) in [4.78, 5) is 16.7. The highest BCUT2D eigenvalue weighted by Gasteiger charge is 2.32. The first kappa shape index (κ1) is 24.2. The number of rotatable bonds is 2. The van der Waals surface area contributed by atoms with Crippen LogP contribution in [0.25, 0.3) is 0 Å². The van der Waals surface area contributed by atoms with Crippen LogP contribution in [0.2, 0.25) is 0 Å². The molecule has 1 amide bonds. The first-order valence-corrected chi connectivity index (χ1v) is 11.9. The molecular formula is C24H39BrN2O2. The van der Waals surface area contributed by atoms with Crippen LogP contribution in [0.5, 0.6) is 0 Å². The van der Waals surface area contributed by atoms with Crippen molar-refractivity contribution in [3.05, 3.63) is 33.8 Å². The van der Waals surface area contributed by atoms with Crippen molar-refractivity contribution in [2.24, 2.45) is 0 Å². The molecule has 4 nitrogen and oxygen atoms in total. The molecule has 164 valence electrons. The third kappa shape index (κ3) is 7.29. The number of carbonyl (C=O) groups excluding carboxylic acids is 1. The van der Waals surface area contributed by atoms with E-state index in [1.165, 1.54) is 28.4 Å². The number of amides is 1. The number of benzene rings is 1. The van der Waals surface area contributed by atoms with Gasteiger partial charge in [0.05, 0.1) is 0 Å². The summed E-state index contributed by atoms with van der Waals surface area (Å²) in [7, 11) is 2.27. The van der Waals surface area contributed by atoms with E-state index in [9.17, 15) is 4.79 Å². The first-order chi connectivity index (χ1) is 13.6. The van der Waals surface area contributed by atoms with Gasteiger partial charge in [-0.1, -0.05) is 42.3 Å². The van der Waals surface area contributed by atoms with Gasteiger partial charge in [0, 0.05) is 29.6 Å². The summed E-state index contributed by atoms with van der Waals surface area (Å²) in [5, 5.41) is 0. The lowest BCUT2D eigenvalue weighted by Gasteiger charge is -2.42. The number of likely N-dealkylation sites (N-methyl/N-ethyl adjacent to an activating group) is 1. The van der Waals surface area contributed by atoms with E-state index in [2.05, 4.69) is 59.9 Å². The largest absolute Gasteiger partial charge is 0.444 e. The van der Waals surface area contributed by atoms with Crippen molar-refractivity contribution in [2.45, 2.75) is 90.8 Å². The summed E-state index contributed by atoms with van der Waals surface area (Å²) >= 11 is 3.60. The van der Waals surface area contributed by atoms with Crippen molar-refractivity contribution in [3.63, 3.8) is 0 Å². The Hall–Kier alpha value is -1.07. The molecule has 0 spiro atoms. The zero-order chi connectivity index (χ0) is 21.6. The number of piperidine rings is 1. The van der Waals surface area contributed by atoms with Crippen LogP contribution in [-0.2, 0) is 17.6 Å². The highest BCUT2D eigenvalue weighted by molar-refractivity contribution is 9.10. The molecule has 0 aromatic heterocycles. The van der Waals surface area contributed by atoms with Crippen LogP contribution in [0.3, 0.4) is 0 Å². The number of hydrogen-bond acceptors (Lipinski definition) is 3. The topological polar surface area (TPSA) is 32.8 Å². The minimum atomic E-state index is -0.422. The highest BCUT2D eigenvalue weighted by atomic mass is 79.9. The lowest BCUT2D eigenvalue weighted by molar-refractivity contribution is 0.0129. The van der Waals surface area contributed by atoms with Gasteiger partial charge in [0.25, 0.3) is 0 Å². The van der Waals surface area contributed by atoms with Gasteiger partial charge in [-0.25, -0.2) is 4.79 Å². The standard InChI is InChI=1S/C21H31BrN2O2.C3H8/c1-21(2,3)26-20(25)24-11-9-18(10-12-24)23(4)19-8-6-15-5-7-17(22)13-16(15)14-19;1-3-2/h5,7,13,18-19H,6,8-12,14H2,1-4H3;3H2,1-2H3. The Balaban J connectivity index is 0.000000941. The SMILES string of the molecule is CCC.CN(C1CCN(C(=O)OC(C)(C)C)CC1)C1CCc2ccc(Br)cc2C1. The lowest BCUT2D eigenvalue weighted by Crippen LogP contribution is -2.50. The fraction of sp³-hybridized carbons (Fsp3) is 0.708. The second-order valence-corrected chi connectivity index (χ2v) is 10.3. The highest BCUT2D eigenvalue weighted by Crippen LogP contribution is 2.29. The van der Waals surface area contributed by atoms with E-state index in [0.717, 1.165) is 38.8 Å². The van der Waals surface area contributed by atoms with Gasteiger partial charge in [-0.05, 0) is 83.2 Å². The van der Waals surface area contributed by atoms with Crippen molar-refractivity contribution in [3.8, 4) is 0 Å². The molecule has 1 aliphatic heterocycles. The van der Waals surface area contributed by atoms with Gasteiger partial charge in [-0.3, -0.25) is 4.90 Å². The van der Waals surface area contributed by atoms with Crippen LogP contribution in [-0.4, -0.2) is 53.7 Å². The Morgan fingerprint density at radius 1 is 1.14 bits per heavy atom. The molecule has 1 aliphatic carbocycles. The molecule has 1 unspecified atom stereocenters. The van der Waals surface area contributed by atoms with E-state index in [-0.39, 0.29) is 6.09 Å². The second-order valence-electron chi connectivity index (χ2n) is 9.38. The summed E-state index contributed by atoms with van der Waals surface area (Å²) in [6.07, 6.45) is 6.63. The Morgan fingerprint density at radius 2 is 1.76 bits per heavy atom. The van der Waals surface area contributed by atoms with E-state index in [0.29, 0.717) is 12.1 Å². The van der Waals surface area contributed by atoms with Gasteiger partial charge in [0.2, 0.25) is 0 Å². The van der Waals surface area contributed by atoms with Gasteiger partial charge in [-0.2, -0.15) is 0 Å².